The molecule has 1 amide bonds. The van der Waals surface area contributed by atoms with Crippen LogP contribution in [0.15, 0.2) is 23.0 Å². The van der Waals surface area contributed by atoms with Crippen molar-refractivity contribution in [3.05, 3.63) is 34.1 Å². The molecule has 1 fully saturated rings. The first-order valence-corrected chi connectivity index (χ1v) is 9.31. The topological polar surface area (TPSA) is 129 Å². The van der Waals surface area contributed by atoms with Crippen LogP contribution in [0.4, 0.5) is 0 Å². The number of hydrogen-bond donors (Lipinski definition) is 4. The molecule has 2 aromatic rings. The molecule has 1 atom stereocenters. The number of H-pyrrole nitrogens is 1. The fourth-order valence-electron chi connectivity index (χ4n) is 2.98. The number of hydrogen-bond acceptors (Lipinski definition) is 5. The Morgan fingerprint density at radius 2 is 2.04 bits per heavy atom. The number of aromatic amines is 1. The van der Waals surface area contributed by atoms with Crippen molar-refractivity contribution < 1.29 is 24.5 Å². The first-order valence-electron chi connectivity index (χ1n) is 9.31. The number of amides is 1. The van der Waals surface area contributed by atoms with E-state index < -0.39 is 34.8 Å². The largest absolute Gasteiger partial charge is 0.506 e. The lowest BCUT2D eigenvalue weighted by Gasteiger charge is -2.17. The predicted octanol–water partition coefficient (Wildman–Crippen LogP) is 2.25. The van der Waals surface area contributed by atoms with Crippen molar-refractivity contribution in [2.75, 3.05) is 6.61 Å². The molecule has 8 nitrogen and oxygen atoms in total. The fourth-order valence-corrected chi connectivity index (χ4v) is 2.98. The summed E-state index contributed by atoms with van der Waals surface area (Å²) in [5.74, 6) is -1.45. The lowest BCUT2D eigenvalue weighted by atomic mass is 10.0. The van der Waals surface area contributed by atoms with Gasteiger partial charge in [-0.2, -0.15) is 0 Å². The Morgan fingerprint density at radius 3 is 2.64 bits per heavy atom. The molecule has 1 aromatic heterocycles. The van der Waals surface area contributed by atoms with E-state index in [4.69, 9.17) is 4.74 Å². The molecular weight excluding hydrogens is 364 g/mol. The van der Waals surface area contributed by atoms with Crippen LogP contribution in [0.1, 0.15) is 43.5 Å². The summed E-state index contributed by atoms with van der Waals surface area (Å²) >= 11 is 0. The average Bonchev–Trinajstić information content (AvgIpc) is 3.43. The highest BCUT2D eigenvalue weighted by molar-refractivity contribution is 6.03. The Kier molecular flexibility index (Phi) is 5.58. The zero-order chi connectivity index (χ0) is 20.4. The first kappa shape index (κ1) is 19.7. The highest BCUT2D eigenvalue weighted by Gasteiger charge is 2.26. The lowest BCUT2D eigenvalue weighted by Crippen LogP contribution is -2.43. The van der Waals surface area contributed by atoms with E-state index in [9.17, 15) is 24.6 Å². The van der Waals surface area contributed by atoms with Gasteiger partial charge in [-0.05, 0) is 43.2 Å². The highest BCUT2D eigenvalue weighted by Crippen LogP contribution is 2.31. The van der Waals surface area contributed by atoms with Gasteiger partial charge in [0.1, 0.15) is 23.1 Å². The van der Waals surface area contributed by atoms with Gasteiger partial charge in [0.25, 0.3) is 11.5 Å². The smallest absolute Gasteiger partial charge is 0.326 e. The van der Waals surface area contributed by atoms with Crippen LogP contribution in [0.3, 0.4) is 0 Å². The Bertz CT molecular complexity index is 961. The lowest BCUT2D eigenvalue weighted by molar-refractivity contribution is -0.139. The molecule has 1 heterocycles. The van der Waals surface area contributed by atoms with Crippen molar-refractivity contribution in [2.24, 2.45) is 11.8 Å². The zero-order valence-electron chi connectivity index (χ0n) is 15.8. The summed E-state index contributed by atoms with van der Waals surface area (Å²) in [7, 11) is 0. The number of carboxylic acids is 1. The third-order valence-electron chi connectivity index (χ3n) is 4.68. The number of pyridine rings is 1. The van der Waals surface area contributed by atoms with E-state index in [1.54, 1.807) is 18.2 Å². The molecule has 1 aliphatic rings. The summed E-state index contributed by atoms with van der Waals surface area (Å²) in [5.41, 5.74) is -0.964. The molecule has 8 heteroatoms. The van der Waals surface area contributed by atoms with Gasteiger partial charge in [-0.3, -0.25) is 9.59 Å². The summed E-state index contributed by atoms with van der Waals surface area (Å²) < 4.78 is 5.66. The van der Waals surface area contributed by atoms with Gasteiger partial charge >= 0.3 is 5.97 Å². The predicted molar refractivity (Wildman–Crippen MR) is 103 cm³/mol. The Morgan fingerprint density at radius 1 is 1.32 bits per heavy atom. The second-order valence-corrected chi connectivity index (χ2v) is 7.63. The minimum Gasteiger partial charge on any atom is -0.506 e. The maximum absolute atomic E-state index is 12.5. The maximum Gasteiger partial charge on any atom is 0.326 e. The minimum atomic E-state index is -1.20. The Balaban J connectivity index is 1.88. The number of ether oxygens (including phenoxy) is 1. The summed E-state index contributed by atoms with van der Waals surface area (Å²) in [6, 6.07) is 3.66. The molecular formula is C20H24N2O6. The van der Waals surface area contributed by atoms with E-state index in [1.807, 2.05) is 13.8 Å². The van der Waals surface area contributed by atoms with Crippen molar-refractivity contribution >= 4 is 22.8 Å². The van der Waals surface area contributed by atoms with Crippen LogP contribution in [0.5, 0.6) is 11.5 Å². The molecule has 1 saturated carbocycles. The number of carbonyl (C=O) groups excluding carboxylic acids is 1. The standard InChI is InChI=1S/C20H24N2O6/c1-10(2)7-15(20(26)27)22-19(25)16-17(23)13-6-5-12(28-9-11-3-4-11)8-14(13)21-18(16)24/h5-6,8,10-11,15H,3-4,7,9H2,1-2H3,(H,22,25)(H,26,27)(H2,21,23,24)/t15-/m0/s1. The van der Waals surface area contributed by atoms with E-state index in [0.717, 1.165) is 12.8 Å². The molecule has 3 rings (SSSR count). The summed E-state index contributed by atoms with van der Waals surface area (Å²) in [4.78, 5) is 38.8. The van der Waals surface area contributed by atoms with E-state index >= 15 is 0 Å². The summed E-state index contributed by atoms with van der Waals surface area (Å²) in [5, 5.41) is 22.4. The van der Waals surface area contributed by atoms with Crippen molar-refractivity contribution in [1.29, 1.82) is 0 Å². The number of nitrogens with one attached hydrogen (secondary N) is 2. The van der Waals surface area contributed by atoms with Gasteiger partial charge in [0.05, 0.1) is 12.1 Å². The zero-order valence-corrected chi connectivity index (χ0v) is 15.8. The average molecular weight is 388 g/mol. The number of fused-ring (bicyclic) bond motifs is 1. The normalized spacial score (nSPS) is 14.8. The number of carbonyl (C=O) groups is 2. The van der Waals surface area contributed by atoms with E-state index in [2.05, 4.69) is 10.3 Å². The number of benzene rings is 1. The number of aromatic hydroxyl groups is 1. The van der Waals surface area contributed by atoms with Crippen LogP contribution >= 0.6 is 0 Å². The highest BCUT2D eigenvalue weighted by atomic mass is 16.5. The van der Waals surface area contributed by atoms with E-state index in [-0.39, 0.29) is 17.7 Å². The SMILES string of the molecule is CC(C)C[C@H](NC(=O)c1c(O)c2ccc(OCC3CC3)cc2[nH]c1=O)C(=O)O. The molecule has 0 bridgehead atoms. The van der Waals surface area contributed by atoms with Gasteiger partial charge in [-0.25, -0.2) is 4.79 Å². The van der Waals surface area contributed by atoms with Crippen LogP contribution in [0, 0.1) is 11.8 Å². The van der Waals surface area contributed by atoms with Gasteiger partial charge in [-0.15, -0.1) is 0 Å². The first-order chi connectivity index (χ1) is 13.3. The molecule has 0 unspecified atom stereocenters. The Hall–Kier alpha value is -3.03. The van der Waals surface area contributed by atoms with Gasteiger partial charge in [0.2, 0.25) is 0 Å². The third-order valence-corrected chi connectivity index (χ3v) is 4.68. The number of aromatic nitrogens is 1. The van der Waals surface area contributed by atoms with Gasteiger partial charge in [0.15, 0.2) is 0 Å². The van der Waals surface area contributed by atoms with Crippen LogP contribution in [0.2, 0.25) is 0 Å². The van der Waals surface area contributed by atoms with E-state index in [1.165, 1.54) is 0 Å². The van der Waals surface area contributed by atoms with Crippen LogP contribution in [-0.4, -0.2) is 39.7 Å². The summed E-state index contributed by atoms with van der Waals surface area (Å²) in [6.45, 7) is 4.26. The van der Waals surface area contributed by atoms with Crippen molar-refractivity contribution in [3.63, 3.8) is 0 Å². The molecule has 28 heavy (non-hydrogen) atoms. The second-order valence-electron chi connectivity index (χ2n) is 7.63. The molecule has 150 valence electrons. The third kappa shape index (κ3) is 4.44. The monoisotopic (exact) mass is 388 g/mol. The number of aliphatic carboxylic acids is 1. The molecule has 4 N–H and O–H groups in total. The van der Waals surface area contributed by atoms with Gasteiger partial charge in [0, 0.05) is 11.5 Å². The molecule has 1 aliphatic carbocycles. The number of rotatable bonds is 8. The fraction of sp³-hybridized carbons (Fsp3) is 0.450. The molecule has 1 aromatic carbocycles. The summed E-state index contributed by atoms with van der Waals surface area (Å²) in [6.07, 6.45) is 2.50. The molecule has 0 aliphatic heterocycles. The van der Waals surface area contributed by atoms with E-state index in [0.29, 0.717) is 23.8 Å². The van der Waals surface area contributed by atoms with Gasteiger partial charge < -0.3 is 25.3 Å². The minimum absolute atomic E-state index is 0.0268. The Labute approximate surface area is 161 Å². The van der Waals surface area contributed by atoms with Crippen LogP contribution < -0.4 is 15.6 Å². The van der Waals surface area contributed by atoms with Crippen molar-refractivity contribution in [2.45, 2.75) is 39.2 Å². The number of carboxylic acid groups (broad SMARTS) is 1. The maximum atomic E-state index is 12.5. The van der Waals surface area contributed by atoms with Gasteiger partial charge in [-0.1, -0.05) is 13.8 Å². The van der Waals surface area contributed by atoms with Crippen molar-refractivity contribution in [1.82, 2.24) is 10.3 Å². The van der Waals surface area contributed by atoms with Crippen molar-refractivity contribution in [3.8, 4) is 11.5 Å². The molecule has 0 saturated heterocycles. The van der Waals surface area contributed by atoms with Crippen LogP contribution in [-0.2, 0) is 4.79 Å². The molecule has 0 radical (unpaired) electrons. The molecule has 0 spiro atoms. The quantitative estimate of drug-likeness (QED) is 0.549. The van der Waals surface area contributed by atoms with Crippen LogP contribution in [0.25, 0.3) is 10.9 Å². The second kappa shape index (κ2) is 7.92.